The van der Waals surface area contributed by atoms with Gasteiger partial charge in [0.05, 0.1) is 4.90 Å². The number of likely N-dealkylation sites (tertiary alicyclic amines) is 1. The van der Waals surface area contributed by atoms with Crippen LogP contribution in [0.5, 0.6) is 5.75 Å². The number of nitrogens with zero attached hydrogens (tertiary/aromatic N) is 2. The van der Waals surface area contributed by atoms with Crippen LogP contribution in [-0.2, 0) is 10.0 Å². The summed E-state index contributed by atoms with van der Waals surface area (Å²) in [5.74, 6) is 0.404. The van der Waals surface area contributed by atoms with E-state index in [0.717, 1.165) is 36.0 Å². The third-order valence-corrected chi connectivity index (χ3v) is 6.77. The van der Waals surface area contributed by atoms with Crippen LogP contribution in [0.2, 0.25) is 0 Å². The van der Waals surface area contributed by atoms with Crippen LogP contribution in [-0.4, -0.2) is 63.9 Å². The maximum atomic E-state index is 12.5. The number of rotatable bonds is 6. The number of piperidine rings is 1. The first-order chi connectivity index (χ1) is 13.8. The molecule has 1 aliphatic heterocycles. The van der Waals surface area contributed by atoms with Crippen LogP contribution >= 0.6 is 0 Å². The average molecular weight is 418 g/mol. The molecule has 8 heteroatoms. The van der Waals surface area contributed by atoms with Crippen LogP contribution in [0.15, 0.2) is 53.4 Å². The quantitative estimate of drug-likeness (QED) is 0.782. The van der Waals surface area contributed by atoms with Gasteiger partial charge in [-0.1, -0.05) is 6.07 Å². The Morgan fingerprint density at radius 2 is 1.76 bits per heavy atom. The van der Waals surface area contributed by atoms with E-state index in [9.17, 15) is 13.2 Å². The van der Waals surface area contributed by atoms with Gasteiger partial charge in [0.2, 0.25) is 10.0 Å². The molecule has 156 valence electrons. The summed E-state index contributed by atoms with van der Waals surface area (Å²) in [6.07, 6.45) is 2.22. The van der Waals surface area contributed by atoms with E-state index in [-0.39, 0.29) is 22.5 Å². The summed E-state index contributed by atoms with van der Waals surface area (Å²) >= 11 is 0. The Morgan fingerprint density at radius 1 is 1.10 bits per heavy atom. The lowest BCUT2D eigenvalue weighted by Gasteiger charge is -2.29. The van der Waals surface area contributed by atoms with E-state index in [1.165, 1.54) is 26.2 Å². The second-order valence-electron chi connectivity index (χ2n) is 7.41. The topological polar surface area (TPSA) is 79.0 Å². The van der Waals surface area contributed by atoms with Crippen LogP contribution in [0.25, 0.3) is 0 Å². The first-order valence-corrected chi connectivity index (χ1v) is 11.0. The zero-order chi connectivity index (χ0) is 21.0. The van der Waals surface area contributed by atoms with Gasteiger partial charge in [-0.15, -0.1) is 0 Å². The van der Waals surface area contributed by atoms with Crippen molar-refractivity contribution in [3.05, 3.63) is 54.1 Å². The van der Waals surface area contributed by atoms with Crippen molar-refractivity contribution in [1.82, 2.24) is 9.21 Å². The van der Waals surface area contributed by atoms with Gasteiger partial charge in [0, 0.05) is 38.4 Å². The molecule has 2 aromatic carbocycles. The predicted octanol–water partition coefficient (Wildman–Crippen LogP) is 2.66. The van der Waals surface area contributed by atoms with Crippen molar-refractivity contribution < 1.29 is 17.9 Å². The maximum Gasteiger partial charge on any atom is 0.255 e. The molecule has 0 aromatic heterocycles. The van der Waals surface area contributed by atoms with Crippen molar-refractivity contribution in [3.63, 3.8) is 0 Å². The molecule has 1 aliphatic rings. The Labute approximate surface area is 172 Å². The number of hydrogen-bond acceptors (Lipinski definition) is 5. The van der Waals surface area contributed by atoms with Crippen molar-refractivity contribution in [2.75, 3.05) is 39.5 Å². The fourth-order valence-corrected chi connectivity index (χ4v) is 4.07. The molecular weight excluding hydrogens is 390 g/mol. The number of benzene rings is 2. The van der Waals surface area contributed by atoms with Gasteiger partial charge in [-0.05, 0) is 62.4 Å². The third kappa shape index (κ3) is 5.35. The molecule has 1 amide bonds. The molecule has 0 radical (unpaired) electrons. The normalized spacial score (nSPS) is 16.0. The summed E-state index contributed by atoms with van der Waals surface area (Å²) in [6.45, 7) is 2.06. The van der Waals surface area contributed by atoms with Gasteiger partial charge in [0.15, 0.2) is 0 Å². The molecule has 1 N–H and O–H groups in total. The maximum absolute atomic E-state index is 12.5. The lowest BCUT2D eigenvalue weighted by molar-refractivity contribution is 0.102. The number of carbonyl (C=O) groups is 1. The molecular formula is C21H27N3O4S. The molecule has 0 saturated carbocycles. The van der Waals surface area contributed by atoms with Gasteiger partial charge >= 0.3 is 0 Å². The van der Waals surface area contributed by atoms with Crippen molar-refractivity contribution in [1.29, 1.82) is 0 Å². The van der Waals surface area contributed by atoms with E-state index in [1.807, 2.05) is 12.1 Å². The Hall–Kier alpha value is -2.42. The summed E-state index contributed by atoms with van der Waals surface area (Å²) in [5.41, 5.74) is 0.895. The van der Waals surface area contributed by atoms with Gasteiger partial charge < -0.3 is 15.0 Å². The standard InChI is InChI=1S/C21H27N3O4S/c1-23(2)29(26,27)20-6-4-5-16(15-20)21(25)22-17-7-9-18(10-8-17)28-19-11-13-24(3)14-12-19/h4-10,15,19H,11-14H2,1-3H3,(H,22,25). The molecule has 3 rings (SSSR count). The summed E-state index contributed by atoms with van der Waals surface area (Å²) in [4.78, 5) is 14.9. The monoisotopic (exact) mass is 417 g/mol. The molecule has 0 unspecified atom stereocenters. The van der Waals surface area contributed by atoms with Crippen LogP contribution in [0.1, 0.15) is 23.2 Å². The lowest BCUT2D eigenvalue weighted by atomic mass is 10.1. The van der Waals surface area contributed by atoms with E-state index in [4.69, 9.17) is 4.74 Å². The molecule has 2 aromatic rings. The number of ether oxygens (including phenoxy) is 1. The second-order valence-corrected chi connectivity index (χ2v) is 9.57. The molecule has 0 spiro atoms. The Kier molecular flexibility index (Phi) is 6.56. The number of sulfonamides is 1. The number of nitrogens with one attached hydrogen (secondary N) is 1. The summed E-state index contributed by atoms with van der Waals surface area (Å²) in [6, 6.07) is 13.2. The minimum atomic E-state index is -3.60. The Balaban J connectivity index is 1.64. The van der Waals surface area contributed by atoms with Crippen LogP contribution < -0.4 is 10.1 Å². The van der Waals surface area contributed by atoms with Crippen molar-refractivity contribution in [3.8, 4) is 5.75 Å². The van der Waals surface area contributed by atoms with Crippen molar-refractivity contribution in [2.45, 2.75) is 23.8 Å². The molecule has 1 saturated heterocycles. The van der Waals surface area contributed by atoms with E-state index in [0.29, 0.717) is 5.69 Å². The Morgan fingerprint density at radius 3 is 2.38 bits per heavy atom. The number of amides is 1. The molecule has 1 heterocycles. The van der Waals surface area contributed by atoms with Gasteiger partial charge in [0.25, 0.3) is 5.91 Å². The SMILES string of the molecule is CN1CCC(Oc2ccc(NC(=O)c3cccc(S(=O)(=O)N(C)C)c3)cc2)CC1. The van der Waals surface area contributed by atoms with Crippen molar-refractivity contribution in [2.24, 2.45) is 0 Å². The minimum Gasteiger partial charge on any atom is -0.490 e. The van der Waals surface area contributed by atoms with Crippen LogP contribution in [0.3, 0.4) is 0 Å². The third-order valence-electron chi connectivity index (χ3n) is 4.96. The minimum absolute atomic E-state index is 0.0806. The highest BCUT2D eigenvalue weighted by molar-refractivity contribution is 7.89. The predicted molar refractivity (Wildman–Crippen MR) is 113 cm³/mol. The summed E-state index contributed by atoms with van der Waals surface area (Å²) in [5, 5.41) is 2.79. The van der Waals surface area contributed by atoms with E-state index < -0.39 is 10.0 Å². The molecule has 1 fully saturated rings. The molecule has 29 heavy (non-hydrogen) atoms. The number of hydrogen-bond donors (Lipinski definition) is 1. The zero-order valence-corrected chi connectivity index (χ0v) is 17.8. The van der Waals surface area contributed by atoms with Crippen molar-refractivity contribution >= 4 is 21.6 Å². The highest BCUT2D eigenvalue weighted by Gasteiger charge is 2.19. The molecule has 0 aliphatic carbocycles. The van der Waals surface area contributed by atoms with Gasteiger partial charge in [-0.25, -0.2) is 12.7 Å². The smallest absolute Gasteiger partial charge is 0.255 e. The second kappa shape index (κ2) is 8.94. The summed E-state index contributed by atoms with van der Waals surface area (Å²) < 4.78 is 31.7. The highest BCUT2D eigenvalue weighted by Crippen LogP contribution is 2.22. The summed E-state index contributed by atoms with van der Waals surface area (Å²) in [7, 11) is 1.43. The zero-order valence-electron chi connectivity index (χ0n) is 17.0. The lowest BCUT2D eigenvalue weighted by Crippen LogP contribution is -2.35. The first-order valence-electron chi connectivity index (χ1n) is 9.55. The number of carbonyl (C=O) groups excluding carboxylic acids is 1. The molecule has 7 nitrogen and oxygen atoms in total. The van der Waals surface area contributed by atoms with Gasteiger partial charge in [0.1, 0.15) is 11.9 Å². The van der Waals surface area contributed by atoms with E-state index >= 15 is 0 Å². The number of anilines is 1. The van der Waals surface area contributed by atoms with E-state index in [2.05, 4.69) is 17.3 Å². The average Bonchev–Trinajstić information content (AvgIpc) is 2.71. The molecule has 0 atom stereocenters. The fraction of sp³-hybridized carbons (Fsp3) is 0.381. The largest absolute Gasteiger partial charge is 0.490 e. The van der Waals surface area contributed by atoms with Gasteiger partial charge in [-0.3, -0.25) is 4.79 Å². The molecule has 0 bridgehead atoms. The first kappa shape index (κ1) is 21.3. The van der Waals surface area contributed by atoms with Gasteiger partial charge in [-0.2, -0.15) is 0 Å². The van der Waals surface area contributed by atoms with Crippen LogP contribution in [0, 0.1) is 0 Å². The fourth-order valence-electron chi connectivity index (χ4n) is 3.12. The van der Waals surface area contributed by atoms with E-state index in [1.54, 1.807) is 24.3 Å². The van der Waals surface area contributed by atoms with Crippen LogP contribution in [0.4, 0.5) is 5.69 Å². The Bertz CT molecular complexity index is 950. The highest BCUT2D eigenvalue weighted by atomic mass is 32.2.